The van der Waals surface area contributed by atoms with Gasteiger partial charge in [-0.15, -0.1) is 0 Å². The monoisotopic (exact) mass is 320 g/mol. The van der Waals surface area contributed by atoms with Crippen LogP contribution in [-0.4, -0.2) is 27.4 Å². The molecule has 1 aromatic carbocycles. The molecule has 0 spiro atoms. The Kier molecular flexibility index (Phi) is 4.03. The van der Waals surface area contributed by atoms with Crippen molar-refractivity contribution in [3.63, 3.8) is 0 Å². The number of carbonyl (C=O) groups is 1. The molecule has 21 heavy (non-hydrogen) atoms. The summed E-state index contributed by atoms with van der Waals surface area (Å²) in [4.78, 5) is 18.6. The highest BCUT2D eigenvalue weighted by Gasteiger charge is 2.29. The van der Waals surface area contributed by atoms with Crippen LogP contribution in [0.5, 0.6) is 0 Å². The van der Waals surface area contributed by atoms with E-state index >= 15 is 0 Å². The molecule has 1 aliphatic heterocycles. The van der Waals surface area contributed by atoms with Crippen LogP contribution in [-0.2, 0) is 22.0 Å². The lowest BCUT2D eigenvalue weighted by molar-refractivity contribution is -0.116. The van der Waals surface area contributed by atoms with Crippen molar-refractivity contribution in [2.45, 2.75) is 11.3 Å². The van der Waals surface area contributed by atoms with Gasteiger partial charge in [0, 0.05) is 17.8 Å². The molecule has 2 heterocycles. The summed E-state index contributed by atoms with van der Waals surface area (Å²) in [6.45, 7) is 0.500. The average molecular weight is 321 g/mol. The Hall–Kier alpha value is -1.72. The van der Waals surface area contributed by atoms with Gasteiger partial charge in [0.05, 0.1) is 15.7 Å². The Morgan fingerprint density at radius 3 is 2.95 bits per heavy atom. The van der Waals surface area contributed by atoms with E-state index in [1.807, 2.05) is 24.3 Å². The molecule has 1 aromatic heterocycles. The van der Waals surface area contributed by atoms with Crippen LogP contribution in [0.25, 0.3) is 0 Å². The fourth-order valence-electron chi connectivity index (χ4n) is 2.31. The van der Waals surface area contributed by atoms with Crippen LogP contribution in [0.1, 0.15) is 5.56 Å². The van der Waals surface area contributed by atoms with E-state index < -0.39 is 10.8 Å². The van der Waals surface area contributed by atoms with E-state index in [4.69, 9.17) is 11.6 Å². The first kappa shape index (κ1) is 14.2. The first-order valence-electron chi connectivity index (χ1n) is 6.53. The van der Waals surface area contributed by atoms with Gasteiger partial charge in [-0.2, -0.15) is 0 Å². The standard InChI is InChI=1S/C15H13ClN2O2S/c16-12-4-1-3-11(9-12)6-8-18-14(19)10-21(20)13-5-2-7-17-15(13)18/h1-5,7,9H,6,8,10H2. The number of anilines is 1. The van der Waals surface area contributed by atoms with Crippen LogP contribution in [0, 0.1) is 0 Å². The SMILES string of the molecule is O=C1CS(=O)c2cccnc2N1CCc1cccc(Cl)c1. The summed E-state index contributed by atoms with van der Waals surface area (Å²) in [6, 6.07) is 11.1. The minimum absolute atomic E-state index is 0.0221. The number of hydrogen-bond donors (Lipinski definition) is 0. The van der Waals surface area contributed by atoms with Gasteiger partial charge in [0.1, 0.15) is 5.75 Å². The zero-order valence-electron chi connectivity index (χ0n) is 11.2. The maximum absolute atomic E-state index is 12.1. The number of pyridine rings is 1. The fourth-order valence-corrected chi connectivity index (χ4v) is 3.66. The van der Waals surface area contributed by atoms with E-state index in [-0.39, 0.29) is 11.7 Å². The van der Waals surface area contributed by atoms with Crippen LogP contribution in [0.15, 0.2) is 47.5 Å². The van der Waals surface area contributed by atoms with Crippen molar-refractivity contribution >= 4 is 34.1 Å². The summed E-state index contributed by atoms with van der Waals surface area (Å²) >= 11 is 5.96. The average Bonchev–Trinajstić information content (AvgIpc) is 2.47. The molecule has 3 rings (SSSR count). The van der Waals surface area contributed by atoms with Crippen molar-refractivity contribution in [1.29, 1.82) is 0 Å². The molecule has 0 bridgehead atoms. The molecule has 0 saturated heterocycles. The van der Waals surface area contributed by atoms with Gasteiger partial charge in [0.25, 0.3) is 0 Å². The summed E-state index contributed by atoms with van der Waals surface area (Å²) in [5, 5.41) is 0.678. The third kappa shape index (κ3) is 2.99. The van der Waals surface area contributed by atoms with E-state index in [1.54, 1.807) is 23.2 Å². The van der Waals surface area contributed by atoms with Crippen molar-refractivity contribution in [3.05, 3.63) is 53.2 Å². The van der Waals surface area contributed by atoms with Crippen LogP contribution in [0.2, 0.25) is 5.02 Å². The molecular formula is C15H13ClN2O2S. The number of nitrogens with zero attached hydrogens (tertiary/aromatic N) is 2. The topological polar surface area (TPSA) is 50.3 Å². The molecule has 108 valence electrons. The van der Waals surface area contributed by atoms with Gasteiger partial charge in [-0.1, -0.05) is 23.7 Å². The number of aromatic nitrogens is 1. The highest BCUT2D eigenvalue weighted by Crippen LogP contribution is 2.26. The molecule has 0 radical (unpaired) electrons. The normalized spacial score (nSPS) is 17.7. The van der Waals surface area contributed by atoms with Gasteiger partial charge in [-0.25, -0.2) is 4.98 Å². The molecule has 0 fully saturated rings. The van der Waals surface area contributed by atoms with Crippen molar-refractivity contribution in [2.75, 3.05) is 17.2 Å². The summed E-state index contributed by atoms with van der Waals surface area (Å²) in [5.41, 5.74) is 1.06. The van der Waals surface area contributed by atoms with E-state index in [0.29, 0.717) is 28.7 Å². The molecule has 2 aromatic rings. The number of fused-ring (bicyclic) bond motifs is 1. The Morgan fingerprint density at radius 1 is 1.29 bits per heavy atom. The van der Waals surface area contributed by atoms with Gasteiger partial charge in [-0.05, 0) is 36.2 Å². The highest BCUT2D eigenvalue weighted by atomic mass is 35.5. The molecule has 1 atom stereocenters. The molecule has 4 nitrogen and oxygen atoms in total. The lowest BCUT2D eigenvalue weighted by Crippen LogP contribution is -2.40. The summed E-state index contributed by atoms with van der Waals surface area (Å²) in [6.07, 6.45) is 2.29. The quantitative estimate of drug-likeness (QED) is 0.872. The smallest absolute Gasteiger partial charge is 0.241 e. The summed E-state index contributed by atoms with van der Waals surface area (Å²) < 4.78 is 12.0. The Morgan fingerprint density at radius 2 is 2.14 bits per heavy atom. The number of benzene rings is 1. The van der Waals surface area contributed by atoms with Crippen molar-refractivity contribution in [2.24, 2.45) is 0 Å². The Labute approximate surface area is 130 Å². The molecule has 0 N–H and O–H groups in total. The van der Waals surface area contributed by atoms with Crippen LogP contribution in [0.4, 0.5) is 5.82 Å². The van der Waals surface area contributed by atoms with E-state index in [9.17, 15) is 9.00 Å². The van der Waals surface area contributed by atoms with E-state index in [0.717, 1.165) is 5.56 Å². The number of halogens is 1. The molecule has 6 heteroatoms. The summed E-state index contributed by atoms with van der Waals surface area (Å²) in [7, 11) is -1.29. The Balaban J connectivity index is 1.83. The molecule has 1 aliphatic rings. The lowest BCUT2D eigenvalue weighted by atomic mass is 10.1. The molecule has 0 saturated carbocycles. The second-order valence-electron chi connectivity index (χ2n) is 4.74. The van der Waals surface area contributed by atoms with Crippen LogP contribution >= 0.6 is 11.6 Å². The Bertz CT molecular complexity index is 720. The van der Waals surface area contributed by atoms with Crippen molar-refractivity contribution in [1.82, 2.24) is 4.98 Å². The number of hydrogen-bond acceptors (Lipinski definition) is 3. The van der Waals surface area contributed by atoms with Gasteiger partial charge in [0.2, 0.25) is 5.91 Å². The fraction of sp³-hybridized carbons (Fsp3) is 0.200. The van der Waals surface area contributed by atoms with Gasteiger partial charge in [0.15, 0.2) is 5.82 Å². The molecule has 0 aliphatic carbocycles. The van der Waals surface area contributed by atoms with Crippen LogP contribution < -0.4 is 4.90 Å². The minimum atomic E-state index is -1.29. The van der Waals surface area contributed by atoms with E-state index in [1.165, 1.54) is 0 Å². The lowest BCUT2D eigenvalue weighted by Gasteiger charge is -2.27. The minimum Gasteiger partial charge on any atom is -0.295 e. The van der Waals surface area contributed by atoms with E-state index in [2.05, 4.69) is 4.98 Å². The molecule has 1 amide bonds. The second kappa shape index (κ2) is 5.95. The number of rotatable bonds is 3. The number of amides is 1. The number of carbonyl (C=O) groups excluding carboxylic acids is 1. The molecule has 1 unspecified atom stereocenters. The van der Waals surface area contributed by atoms with Gasteiger partial charge in [-0.3, -0.25) is 13.9 Å². The second-order valence-corrected chi connectivity index (χ2v) is 6.60. The maximum atomic E-state index is 12.1. The third-order valence-electron chi connectivity index (χ3n) is 3.32. The predicted molar refractivity (Wildman–Crippen MR) is 83.0 cm³/mol. The maximum Gasteiger partial charge on any atom is 0.241 e. The zero-order chi connectivity index (χ0) is 14.8. The molecular weight excluding hydrogens is 308 g/mol. The first-order valence-corrected chi connectivity index (χ1v) is 8.23. The van der Waals surface area contributed by atoms with Crippen molar-refractivity contribution in [3.8, 4) is 0 Å². The van der Waals surface area contributed by atoms with Gasteiger partial charge >= 0.3 is 0 Å². The third-order valence-corrected chi connectivity index (χ3v) is 4.87. The van der Waals surface area contributed by atoms with Crippen LogP contribution in [0.3, 0.4) is 0 Å². The largest absolute Gasteiger partial charge is 0.295 e. The first-order chi connectivity index (χ1) is 10.1. The summed E-state index contributed by atoms with van der Waals surface area (Å²) in [5.74, 6) is 0.379. The predicted octanol–water partition coefficient (Wildman–Crippen LogP) is 2.43. The zero-order valence-corrected chi connectivity index (χ0v) is 12.7. The van der Waals surface area contributed by atoms with Crippen molar-refractivity contribution < 1.29 is 9.00 Å². The van der Waals surface area contributed by atoms with Gasteiger partial charge < -0.3 is 0 Å². The highest BCUT2D eigenvalue weighted by molar-refractivity contribution is 7.86.